The van der Waals surface area contributed by atoms with Gasteiger partial charge in [-0.25, -0.2) is 4.68 Å². The Kier molecular flexibility index (Phi) is 5.48. The van der Waals surface area contributed by atoms with Crippen molar-refractivity contribution in [1.82, 2.24) is 14.8 Å². The summed E-state index contributed by atoms with van der Waals surface area (Å²) in [6, 6.07) is 5.38. The van der Waals surface area contributed by atoms with Crippen LogP contribution in [0.2, 0.25) is 0 Å². The van der Waals surface area contributed by atoms with Gasteiger partial charge >= 0.3 is 0 Å². The Bertz CT molecular complexity index is 870. The van der Waals surface area contributed by atoms with E-state index in [1.807, 2.05) is 25.1 Å². The molecule has 2 aromatic rings. The number of hydrogen-bond acceptors (Lipinski definition) is 6. The predicted molar refractivity (Wildman–Crippen MR) is 103 cm³/mol. The van der Waals surface area contributed by atoms with Crippen LogP contribution in [0.5, 0.6) is 11.5 Å². The van der Waals surface area contributed by atoms with Gasteiger partial charge in [0.1, 0.15) is 12.4 Å². The molecule has 1 aliphatic heterocycles. The monoisotopic (exact) mass is 370 g/mol. The fourth-order valence-corrected chi connectivity index (χ4v) is 3.23. The van der Waals surface area contributed by atoms with Crippen molar-refractivity contribution in [2.24, 2.45) is 5.92 Å². The second-order valence-corrected chi connectivity index (χ2v) is 7.09. The fraction of sp³-hybridized carbons (Fsp3) is 0.450. The molecule has 2 heterocycles. The number of anilines is 1. The van der Waals surface area contributed by atoms with E-state index in [9.17, 15) is 4.79 Å². The minimum absolute atomic E-state index is 0.0117. The molecule has 7 heteroatoms. The Labute approximate surface area is 159 Å². The third-order valence-corrected chi connectivity index (χ3v) is 4.63. The number of fused-ring (bicyclic) bond motifs is 1. The van der Waals surface area contributed by atoms with Gasteiger partial charge in [0.05, 0.1) is 13.7 Å². The summed E-state index contributed by atoms with van der Waals surface area (Å²) in [4.78, 5) is 16.6. The molecule has 1 atom stereocenters. The Hall–Kier alpha value is -2.83. The van der Waals surface area contributed by atoms with Crippen LogP contribution in [0.3, 0.4) is 0 Å². The first-order chi connectivity index (χ1) is 12.9. The van der Waals surface area contributed by atoms with Crippen molar-refractivity contribution in [2.75, 3.05) is 19.0 Å². The van der Waals surface area contributed by atoms with Crippen molar-refractivity contribution in [1.29, 1.82) is 0 Å². The van der Waals surface area contributed by atoms with E-state index in [-0.39, 0.29) is 11.8 Å². The predicted octanol–water partition coefficient (Wildman–Crippen LogP) is 3.59. The highest BCUT2D eigenvalue weighted by molar-refractivity contribution is 5.96. The number of ether oxygens (including phenoxy) is 2. The average molecular weight is 370 g/mol. The summed E-state index contributed by atoms with van der Waals surface area (Å²) in [7, 11) is 1.62. The largest absolute Gasteiger partial charge is 0.493 e. The molecule has 0 aliphatic carbocycles. The summed E-state index contributed by atoms with van der Waals surface area (Å²) in [6.45, 7) is 8.40. The van der Waals surface area contributed by atoms with Gasteiger partial charge in [-0.05, 0) is 43.9 Å². The van der Waals surface area contributed by atoms with Crippen molar-refractivity contribution >= 4 is 11.7 Å². The maximum absolute atomic E-state index is 12.3. The molecule has 1 N–H and O–H groups in total. The van der Waals surface area contributed by atoms with Crippen LogP contribution in [0.1, 0.15) is 45.7 Å². The van der Waals surface area contributed by atoms with Crippen molar-refractivity contribution in [3.05, 3.63) is 41.4 Å². The number of hydrogen-bond donors (Lipinski definition) is 1. The Balaban J connectivity index is 1.98. The van der Waals surface area contributed by atoms with E-state index in [0.717, 1.165) is 17.7 Å². The molecule has 0 spiro atoms. The first-order valence-electron chi connectivity index (χ1n) is 9.11. The number of allylic oxidation sites excluding steroid dienone is 2. The van der Waals surface area contributed by atoms with E-state index < -0.39 is 0 Å². The topological polar surface area (TPSA) is 78.3 Å². The molecule has 1 aromatic heterocycles. The Morgan fingerprint density at radius 3 is 2.78 bits per heavy atom. The third kappa shape index (κ3) is 3.82. The number of nitrogens with zero attached hydrogens (tertiary/aromatic N) is 3. The molecule has 1 unspecified atom stereocenters. The van der Waals surface area contributed by atoms with Gasteiger partial charge < -0.3 is 14.8 Å². The zero-order valence-corrected chi connectivity index (χ0v) is 16.4. The van der Waals surface area contributed by atoms with Crippen molar-refractivity contribution < 1.29 is 14.3 Å². The lowest BCUT2D eigenvalue weighted by molar-refractivity contribution is -0.114. The quantitative estimate of drug-likeness (QED) is 0.802. The van der Waals surface area contributed by atoms with Crippen LogP contribution in [0, 0.1) is 5.92 Å². The number of rotatable bonds is 7. The van der Waals surface area contributed by atoms with Crippen LogP contribution in [-0.4, -0.2) is 34.3 Å². The van der Waals surface area contributed by atoms with Gasteiger partial charge in [-0.3, -0.25) is 4.79 Å². The van der Waals surface area contributed by atoms with Crippen LogP contribution >= 0.6 is 0 Å². The molecule has 1 aliphatic rings. The lowest BCUT2D eigenvalue weighted by Gasteiger charge is -2.28. The summed E-state index contributed by atoms with van der Waals surface area (Å²) >= 11 is 0. The zero-order chi connectivity index (χ0) is 19.6. The van der Waals surface area contributed by atoms with Crippen molar-refractivity contribution in [3.63, 3.8) is 0 Å². The van der Waals surface area contributed by atoms with E-state index >= 15 is 0 Å². The fourth-order valence-electron chi connectivity index (χ4n) is 3.23. The molecule has 0 amide bonds. The molecule has 0 bridgehead atoms. The SMILES string of the molecule is COc1cc(C2C(C(C)=O)=C(C)Nc3ncnn32)ccc1OCCC(C)C. The van der Waals surface area contributed by atoms with Crippen molar-refractivity contribution in [2.45, 2.75) is 40.2 Å². The smallest absolute Gasteiger partial charge is 0.226 e. The maximum atomic E-state index is 12.3. The van der Waals surface area contributed by atoms with Crippen molar-refractivity contribution in [3.8, 4) is 11.5 Å². The number of aromatic nitrogens is 3. The molecule has 27 heavy (non-hydrogen) atoms. The lowest BCUT2D eigenvalue weighted by atomic mass is 9.93. The molecule has 7 nitrogen and oxygen atoms in total. The molecular weight excluding hydrogens is 344 g/mol. The molecule has 3 rings (SSSR count). The Morgan fingerprint density at radius 2 is 2.11 bits per heavy atom. The average Bonchev–Trinajstić information content (AvgIpc) is 3.08. The number of carbonyl (C=O) groups excluding carboxylic acids is 1. The second-order valence-electron chi connectivity index (χ2n) is 7.09. The first-order valence-corrected chi connectivity index (χ1v) is 9.11. The molecule has 0 fully saturated rings. The lowest BCUT2D eigenvalue weighted by Crippen LogP contribution is -2.27. The standard InChI is InChI=1S/C20H26N4O3/c1-12(2)8-9-27-16-7-6-15(10-17(16)26-5)19-18(14(4)25)13(3)23-20-21-11-22-24(19)20/h6-7,10-12,19H,8-9H2,1-5H3,(H,21,22,23). The van der Waals surface area contributed by atoms with Gasteiger partial charge in [-0.1, -0.05) is 19.9 Å². The van der Waals surface area contributed by atoms with Gasteiger partial charge in [-0.2, -0.15) is 10.1 Å². The summed E-state index contributed by atoms with van der Waals surface area (Å²) in [5, 5.41) is 7.45. The highest BCUT2D eigenvalue weighted by atomic mass is 16.5. The number of ketones is 1. The van der Waals surface area contributed by atoms with E-state index in [0.29, 0.717) is 35.5 Å². The highest BCUT2D eigenvalue weighted by Gasteiger charge is 2.32. The van der Waals surface area contributed by atoms with Crippen LogP contribution in [0.4, 0.5) is 5.95 Å². The van der Waals surface area contributed by atoms with Crippen LogP contribution in [-0.2, 0) is 4.79 Å². The number of carbonyl (C=O) groups is 1. The zero-order valence-electron chi connectivity index (χ0n) is 16.4. The molecule has 144 valence electrons. The van der Waals surface area contributed by atoms with Crippen LogP contribution in [0.15, 0.2) is 35.8 Å². The van der Waals surface area contributed by atoms with Gasteiger partial charge in [0, 0.05) is 11.3 Å². The molecule has 0 saturated carbocycles. The summed E-state index contributed by atoms with van der Waals surface area (Å²) in [5.41, 5.74) is 2.33. The summed E-state index contributed by atoms with van der Waals surface area (Å²) < 4.78 is 13.1. The second kappa shape index (κ2) is 7.82. The summed E-state index contributed by atoms with van der Waals surface area (Å²) in [6.07, 6.45) is 2.45. The van der Waals surface area contributed by atoms with Gasteiger partial charge in [0.2, 0.25) is 5.95 Å². The molecule has 0 saturated heterocycles. The molecular formula is C20H26N4O3. The Morgan fingerprint density at radius 1 is 1.33 bits per heavy atom. The van der Waals surface area contributed by atoms with Crippen LogP contribution in [0.25, 0.3) is 0 Å². The maximum Gasteiger partial charge on any atom is 0.226 e. The van der Waals surface area contributed by atoms with E-state index in [4.69, 9.17) is 9.47 Å². The summed E-state index contributed by atoms with van der Waals surface area (Å²) in [5.74, 6) is 2.50. The normalized spacial score (nSPS) is 16.1. The third-order valence-electron chi connectivity index (χ3n) is 4.63. The number of methoxy groups -OCH3 is 1. The van der Waals surface area contributed by atoms with Gasteiger partial charge in [0.25, 0.3) is 0 Å². The van der Waals surface area contributed by atoms with E-state index in [1.165, 1.54) is 6.33 Å². The van der Waals surface area contributed by atoms with E-state index in [2.05, 4.69) is 29.2 Å². The highest BCUT2D eigenvalue weighted by Crippen LogP contribution is 2.38. The van der Waals surface area contributed by atoms with Gasteiger partial charge in [0.15, 0.2) is 17.3 Å². The van der Waals surface area contributed by atoms with Gasteiger partial charge in [-0.15, -0.1) is 0 Å². The minimum atomic E-state index is -0.361. The molecule has 0 radical (unpaired) electrons. The first kappa shape index (κ1) is 18.9. The molecule has 1 aromatic carbocycles. The minimum Gasteiger partial charge on any atom is -0.493 e. The number of Topliss-reactive ketones (excluding diaryl/α,β-unsaturated/α-hetero) is 1. The number of benzene rings is 1. The number of nitrogens with one attached hydrogen (secondary N) is 1. The van der Waals surface area contributed by atoms with Crippen LogP contribution < -0.4 is 14.8 Å². The van der Waals surface area contributed by atoms with E-state index in [1.54, 1.807) is 18.7 Å².